The zero-order valence-corrected chi connectivity index (χ0v) is 10.6. The van der Waals surface area contributed by atoms with E-state index in [2.05, 4.69) is 10.5 Å². The van der Waals surface area contributed by atoms with Crippen molar-refractivity contribution in [1.29, 1.82) is 0 Å². The van der Waals surface area contributed by atoms with E-state index in [0.29, 0.717) is 0 Å². The summed E-state index contributed by atoms with van der Waals surface area (Å²) >= 11 is 1.69. The number of hydrogen-bond acceptors (Lipinski definition) is 3. The topological polar surface area (TPSA) is 41.5 Å². The number of nitrogens with one attached hydrogen (secondary N) is 1. The van der Waals surface area contributed by atoms with Gasteiger partial charge in [0, 0.05) is 28.6 Å². The van der Waals surface area contributed by atoms with Gasteiger partial charge in [-0.1, -0.05) is 0 Å². The molecule has 1 fully saturated rings. The third-order valence-electron chi connectivity index (χ3n) is 3.10. The third kappa shape index (κ3) is 2.41. The van der Waals surface area contributed by atoms with Crippen LogP contribution in [0.15, 0.2) is 28.2 Å². The first kappa shape index (κ1) is 11.7. The van der Waals surface area contributed by atoms with E-state index in [1.165, 1.54) is 12.1 Å². The predicted molar refractivity (Wildman–Crippen MR) is 69.1 cm³/mol. The van der Waals surface area contributed by atoms with Crippen LogP contribution in [-0.2, 0) is 4.79 Å². The molecule has 0 saturated heterocycles. The van der Waals surface area contributed by atoms with Crippen LogP contribution in [0.5, 0.6) is 0 Å². The van der Waals surface area contributed by atoms with Crippen molar-refractivity contribution in [2.75, 3.05) is 5.75 Å². The zero-order chi connectivity index (χ0) is 12.5. The summed E-state index contributed by atoms with van der Waals surface area (Å²) < 4.78 is 13.3. The van der Waals surface area contributed by atoms with Crippen molar-refractivity contribution < 1.29 is 9.18 Å². The zero-order valence-electron chi connectivity index (χ0n) is 9.78. The van der Waals surface area contributed by atoms with E-state index in [1.54, 1.807) is 17.8 Å². The Kier molecular flexibility index (Phi) is 3.07. The molecule has 1 aromatic carbocycles. The molecular formula is C13H13FN2OS. The molecule has 1 saturated carbocycles. The molecule has 1 heterocycles. The average Bonchev–Trinajstić information content (AvgIpc) is 3.20. The number of nitrogens with zero attached hydrogens (tertiary/aromatic N) is 1. The van der Waals surface area contributed by atoms with Crippen LogP contribution in [0.2, 0.25) is 0 Å². The van der Waals surface area contributed by atoms with E-state index in [9.17, 15) is 9.18 Å². The number of halogens is 1. The third-order valence-corrected chi connectivity index (χ3v) is 4.17. The average molecular weight is 264 g/mol. The number of hydrogen-bond donors (Lipinski definition) is 1. The van der Waals surface area contributed by atoms with Crippen molar-refractivity contribution in [2.45, 2.75) is 24.2 Å². The van der Waals surface area contributed by atoms with Crippen LogP contribution in [0, 0.1) is 11.7 Å². The minimum Gasteiger partial charge on any atom is -0.273 e. The minimum atomic E-state index is -0.266. The molecule has 2 aliphatic rings. The number of thioether (sulfide) groups is 1. The quantitative estimate of drug-likeness (QED) is 0.834. The molecule has 1 amide bonds. The fourth-order valence-electron chi connectivity index (χ4n) is 1.92. The Balaban J connectivity index is 1.83. The van der Waals surface area contributed by atoms with E-state index in [1.807, 2.05) is 0 Å². The first-order chi connectivity index (χ1) is 8.74. The molecule has 94 valence electrons. The molecule has 0 radical (unpaired) electrons. The molecule has 1 aliphatic carbocycles. The first-order valence-corrected chi connectivity index (χ1v) is 7.02. The Hall–Kier alpha value is -1.36. The van der Waals surface area contributed by atoms with Crippen molar-refractivity contribution >= 4 is 23.4 Å². The van der Waals surface area contributed by atoms with Gasteiger partial charge in [-0.05, 0) is 31.0 Å². The van der Waals surface area contributed by atoms with E-state index in [-0.39, 0.29) is 17.6 Å². The first-order valence-electron chi connectivity index (χ1n) is 6.03. The second kappa shape index (κ2) is 4.72. The van der Waals surface area contributed by atoms with Gasteiger partial charge in [0.25, 0.3) is 0 Å². The van der Waals surface area contributed by atoms with Gasteiger partial charge >= 0.3 is 0 Å². The normalized spacial score (nSPS) is 20.6. The smallest absolute Gasteiger partial charge is 0.243 e. The SMILES string of the molecule is O=C(NN=C1CCSc2ccc(F)cc21)C1CC1. The van der Waals surface area contributed by atoms with Gasteiger partial charge in [0.2, 0.25) is 5.91 Å². The lowest BCUT2D eigenvalue weighted by atomic mass is 10.1. The maximum Gasteiger partial charge on any atom is 0.243 e. The molecule has 0 atom stereocenters. The number of benzene rings is 1. The molecule has 0 spiro atoms. The number of rotatable bonds is 2. The highest BCUT2D eigenvalue weighted by Crippen LogP contribution is 2.31. The lowest BCUT2D eigenvalue weighted by Crippen LogP contribution is -2.22. The Labute approximate surface area is 109 Å². The highest BCUT2D eigenvalue weighted by atomic mass is 32.2. The summed E-state index contributed by atoms with van der Waals surface area (Å²) in [6.07, 6.45) is 2.67. The maximum atomic E-state index is 13.3. The number of hydrazone groups is 1. The Morgan fingerprint density at radius 3 is 3.06 bits per heavy atom. The lowest BCUT2D eigenvalue weighted by Gasteiger charge is -2.17. The summed E-state index contributed by atoms with van der Waals surface area (Å²) in [5.41, 5.74) is 4.17. The van der Waals surface area contributed by atoms with Gasteiger partial charge in [0.05, 0.1) is 5.71 Å². The second-order valence-corrected chi connectivity index (χ2v) is 5.68. The van der Waals surface area contributed by atoms with Crippen LogP contribution in [0.25, 0.3) is 0 Å². The summed E-state index contributed by atoms with van der Waals surface area (Å²) in [5.74, 6) is 0.770. The van der Waals surface area contributed by atoms with Crippen LogP contribution in [0.1, 0.15) is 24.8 Å². The highest BCUT2D eigenvalue weighted by molar-refractivity contribution is 7.99. The Morgan fingerprint density at radius 1 is 1.44 bits per heavy atom. The van der Waals surface area contributed by atoms with Crippen LogP contribution < -0.4 is 5.43 Å². The molecule has 1 aromatic rings. The van der Waals surface area contributed by atoms with Gasteiger partial charge in [-0.3, -0.25) is 4.79 Å². The molecule has 1 N–H and O–H groups in total. The van der Waals surface area contributed by atoms with Crippen molar-refractivity contribution in [3.63, 3.8) is 0 Å². The summed E-state index contributed by atoms with van der Waals surface area (Å²) in [6.45, 7) is 0. The lowest BCUT2D eigenvalue weighted by molar-refractivity contribution is -0.122. The summed E-state index contributed by atoms with van der Waals surface area (Å²) in [7, 11) is 0. The largest absolute Gasteiger partial charge is 0.273 e. The van der Waals surface area contributed by atoms with E-state index in [4.69, 9.17) is 0 Å². The number of amides is 1. The molecule has 5 heteroatoms. The molecule has 3 nitrogen and oxygen atoms in total. The summed E-state index contributed by atoms with van der Waals surface area (Å²) in [6, 6.07) is 4.72. The number of carbonyl (C=O) groups excluding carboxylic acids is 1. The van der Waals surface area contributed by atoms with Crippen molar-refractivity contribution in [2.24, 2.45) is 11.0 Å². The fraction of sp³-hybridized carbons (Fsp3) is 0.385. The molecule has 3 rings (SSSR count). The van der Waals surface area contributed by atoms with Crippen LogP contribution in [0.3, 0.4) is 0 Å². The standard InChI is InChI=1S/C13H13FN2OS/c14-9-3-4-12-10(7-9)11(5-6-18-12)15-16-13(17)8-1-2-8/h3-4,7-8H,1-2,5-6H2,(H,16,17). The van der Waals surface area contributed by atoms with Crippen molar-refractivity contribution in [3.05, 3.63) is 29.6 Å². The van der Waals surface area contributed by atoms with Gasteiger partial charge in [-0.2, -0.15) is 5.10 Å². The van der Waals surface area contributed by atoms with Gasteiger partial charge in [-0.15, -0.1) is 11.8 Å². The fourth-order valence-corrected chi connectivity index (χ4v) is 2.93. The molecule has 0 aromatic heterocycles. The molecule has 18 heavy (non-hydrogen) atoms. The monoisotopic (exact) mass is 264 g/mol. The van der Waals surface area contributed by atoms with E-state index < -0.39 is 0 Å². The molecular weight excluding hydrogens is 251 g/mol. The molecule has 0 unspecified atom stereocenters. The molecule has 1 aliphatic heterocycles. The Bertz CT molecular complexity index is 526. The summed E-state index contributed by atoms with van der Waals surface area (Å²) in [5, 5.41) is 4.16. The molecule has 0 bridgehead atoms. The Morgan fingerprint density at radius 2 is 2.28 bits per heavy atom. The van der Waals surface area contributed by atoms with Gasteiger partial charge in [0.1, 0.15) is 5.82 Å². The second-order valence-electron chi connectivity index (χ2n) is 4.55. The van der Waals surface area contributed by atoms with Gasteiger partial charge in [0.15, 0.2) is 0 Å². The van der Waals surface area contributed by atoms with Gasteiger partial charge < -0.3 is 0 Å². The van der Waals surface area contributed by atoms with Crippen LogP contribution in [-0.4, -0.2) is 17.4 Å². The highest BCUT2D eigenvalue weighted by Gasteiger charge is 2.29. The van der Waals surface area contributed by atoms with Crippen LogP contribution in [0.4, 0.5) is 4.39 Å². The van der Waals surface area contributed by atoms with E-state index >= 15 is 0 Å². The number of carbonyl (C=O) groups is 1. The minimum absolute atomic E-state index is 0.0151. The van der Waals surface area contributed by atoms with Gasteiger partial charge in [-0.25, -0.2) is 9.82 Å². The predicted octanol–water partition coefficient (Wildman–Crippen LogP) is 2.55. The van der Waals surface area contributed by atoms with Crippen molar-refractivity contribution in [3.8, 4) is 0 Å². The van der Waals surface area contributed by atoms with E-state index in [0.717, 1.165) is 41.2 Å². The maximum absolute atomic E-state index is 13.3. The van der Waals surface area contributed by atoms with Crippen LogP contribution >= 0.6 is 11.8 Å². The van der Waals surface area contributed by atoms with Crippen molar-refractivity contribution in [1.82, 2.24) is 5.43 Å². The number of fused-ring (bicyclic) bond motifs is 1. The summed E-state index contributed by atoms with van der Waals surface area (Å²) in [4.78, 5) is 12.6.